The van der Waals surface area contributed by atoms with E-state index in [4.69, 9.17) is 5.21 Å². The number of hydrogen-bond donors (Lipinski definition) is 2. The van der Waals surface area contributed by atoms with Gasteiger partial charge in [0.15, 0.2) is 9.84 Å². The summed E-state index contributed by atoms with van der Waals surface area (Å²) in [4.78, 5) is 15.5. The first kappa shape index (κ1) is 19.1. The number of unbranched alkanes of at least 4 members (excludes halogenated alkanes) is 1. The van der Waals surface area contributed by atoms with Crippen molar-refractivity contribution in [2.24, 2.45) is 0 Å². The van der Waals surface area contributed by atoms with Gasteiger partial charge in [-0.2, -0.15) is 0 Å². The van der Waals surface area contributed by atoms with Gasteiger partial charge in [0.05, 0.1) is 0 Å². The van der Waals surface area contributed by atoms with Gasteiger partial charge in [0, 0.05) is 20.9 Å². The molecule has 0 spiro atoms. The van der Waals surface area contributed by atoms with Crippen molar-refractivity contribution in [3.63, 3.8) is 0 Å². The first-order valence-electron chi connectivity index (χ1n) is 7.54. The van der Waals surface area contributed by atoms with Crippen molar-refractivity contribution in [3.8, 4) is 9.75 Å². The van der Waals surface area contributed by atoms with Crippen LogP contribution in [0.4, 0.5) is 0 Å². The van der Waals surface area contributed by atoms with E-state index in [1.165, 1.54) is 27.0 Å². The summed E-state index contributed by atoms with van der Waals surface area (Å²) in [5.41, 5.74) is 1.47. The van der Waals surface area contributed by atoms with Crippen LogP contribution in [0.25, 0.3) is 9.75 Å². The summed E-state index contributed by atoms with van der Waals surface area (Å²) in [7, 11) is -3.61. The van der Waals surface area contributed by atoms with Crippen molar-refractivity contribution in [1.29, 1.82) is 0 Å². The van der Waals surface area contributed by atoms with Crippen molar-refractivity contribution in [1.82, 2.24) is 5.48 Å². The molecule has 0 aliphatic heterocycles. The highest BCUT2D eigenvalue weighted by atomic mass is 32.2. The summed E-state index contributed by atoms with van der Waals surface area (Å²) < 4.78 is 22.2. The zero-order valence-electron chi connectivity index (χ0n) is 13.6. The maximum absolute atomic E-state index is 11.9. The first-order chi connectivity index (χ1) is 11.3. The fourth-order valence-corrected chi connectivity index (χ4v) is 5.19. The standard InChI is InChI=1S/C16H21NO4S3/c1-16(15(18)17-19,24(2,20)21)10-4-3-6-12-8-9-14(23-12)13-7-5-11-22-13/h5,7-9,11,19H,3-4,6,10H2,1-2H3,(H,17,18). The fraction of sp³-hybridized carbons (Fsp3) is 0.438. The van der Waals surface area contributed by atoms with Crippen LogP contribution in [0.15, 0.2) is 29.6 Å². The number of sulfone groups is 1. The maximum atomic E-state index is 11.9. The highest BCUT2D eigenvalue weighted by Gasteiger charge is 2.42. The van der Waals surface area contributed by atoms with Gasteiger partial charge in [0.25, 0.3) is 5.91 Å². The second-order valence-corrected chi connectivity index (χ2v) is 10.5. The molecular formula is C16H21NO4S3. The van der Waals surface area contributed by atoms with Gasteiger partial charge in [0.2, 0.25) is 0 Å². The fourth-order valence-electron chi connectivity index (χ4n) is 2.41. The SMILES string of the molecule is CC(CCCCc1ccc(-c2cccs2)s1)(C(=O)NO)S(C)(=O)=O. The molecule has 0 fully saturated rings. The Bertz CT molecular complexity index is 780. The molecule has 2 heterocycles. The van der Waals surface area contributed by atoms with Gasteiger partial charge < -0.3 is 0 Å². The predicted molar refractivity (Wildman–Crippen MR) is 98.4 cm³/mol. The molecule has 1 unspecified atom stereocenters. The second-order valence-electron chi connectivity index (χ2n) is 5.89. The van der Waals surface area contributed by atoms with Gasteiger partial charge >= 0.3 is 0 Å². The Hall–Kier alpha value is -1.22. The van der Waals surface area contributed by atoms with E-state index in [1.807, 2.05) is 11.4 Å². The van der Waals surface area contributed by atoms with Crippen LogP contribution < -0.4 is 5.48 Å². The molecule has 0 aromatic carbocycles. The minimum absolute atomic E-state index is 0.182. The molecular weight excluding hydrogens is 366 g/mol. The van der Waals surface area contributed by atoms with E-state index in [0.29, 0.717) is 6.42 Å². The number of hydrogen-bond acceptors (Lipinski definition) is 6. The predicted octanol–water partition coefficient (Wildman–Crippen LogP) is 3.50. The molecule has 0 bridgehead atoms. The van der Waals surface area contributed by atoms with Crippen LogP contribution in [0.3, 0.4) is 0 Å². The second kappa shape index (κ2) is 7.77. The number of hydroxylamine groups is 1. The van der Waals surface area contributed by atoms with E-state index in [0.717, 1.165) is 19.1 Å². The number of aryl methyl sites for hydroxylation is 1. The van der Waals surface area contributed by atoms with E-state index in [9.17, 15) is 13.2 Å². The molecule has 24 heavy (non-hydrogen) atoms. The van der Waals surface area contributed by atoms with Gasteiger partial charge in [-0.15, -0.1) is 22.7 Å². The lowest BCUT2D eigenvalue weighted by Crippen LogP contribution is -2.49. The summed E-state index contributed by atoms with van der Waals surface area (Å²) in [6, 6.07) is 8.31. The van der Waals surface area contributed by atoms with Gasteiger partial charge in [-0.3, -0.25) is 10.0 Å². The van der Waals surface area contributed by atoms with Crippen molar-refractivity contribution >= 4 is 38.4 Å². The molecule has 0 aliphatic rings. The van der Waals surface area contributed by atoms with Crippen LogP contribution in [0.2, 0.25) is 0 Å². The van der Waals surface area contributed by atoms with Crippen LogP contribution in [0.5, 0.6) is 0 Å². The Labute approximate surface area is 150 Å². The number of nitrogens with one attached hydrogen (secondary N) is 1. The number of carbonyl (C=O) groups excluding carboxylic acids is 1. The van der Waals surface area contributed by atoms with Crippen LogP contribution in [0, 0.1) is 0 Å². The van der Waals surface area contributed by atoms with E-state index in [-0.39, 0.29) is 6.42 Å². The quantitative estimate of drug-likeness (QED) is 0.412. The van der Waals surface area contributed by atoms with Crippen LogP contribution in [0.1, 0.15) is 31.1 Å². The number of amides is 1. The first-order valence-corrected chi connectivity index (χ1v) is 11.1. The van der Waals surface area contributed by atoms with Crippen molar-refractivity contribution in [2.75, 3.05) is 6.26 Å². The topological polar surface area (TPSA) is 83.5 Å². The summed E-state index contributed by atoms with van der Waals surface area (Å²) in [5.74, 6) is -0.874. The lowest BCUT2D eigenvalue weighted by molar-refractivity contribution is -0.131. The Kier molecular flexibility index (Phi) is 6.19. The number of rotatable bonds is 8. The van der Waals surface area contributed by atoms with Gasteiger partial charge in [-0.1, -0.05) is 12.5 Å². The minimum atomic E-state index is -3.61. The average molecular weight is 388 g/mol. The van der Waals surface area contributed by atoms with Gasteiger partial charge in [-0.05, 0) is 49.8 Å². The smallest absolute Gasteiger partial charge is 0.264 e. The molecule has 1 amide bonds. The third kappa shape index (κ3) is 4.24. The molecule has 8 heteroatoms. The molecule has 5 nitrogen and oxygen atoms in total. The summed E-state index contributed by atoms with van der Waals surface area (Å²) >= 11 is 3.44. The average Bonchev–Trinajstić information content (AvgIpc) is 3.20. The van der Waals surface area contributed by atoms with E-state index < -0.39 is 20.5 Å². The molecule has 0 aliphatic carbocycles. The van der Waals surface area contributed by atoms with E-state index >= 15 is 0 Å². The van der Waals surface area contributed by atoms with Crippen molar-refractivity contribution < 1.29 is 18.4 Å². The van der Waals surface area contributed by atoms with Crippen LogP contribution >= 0.6 is 22.7 Å². The summed E-state index contributed by atoms with van der Waals surface area (Å²) in [6.45, 7) is 1.36. The minimum Gasteiger partial charge on any atom is -0.289 e. The number of carbonyl (C=O) groups is 1. The molecule has 2 aromatic rings. The molecule has 0 saturated heterocycles. The van der Waals surface area contributed by atoms with Gasteiger partial charge in [-0.25, -0.2) is 13.9 Å². The molecule has 0 radical (unpaired) electrons. The highest BCUT2D eigenvalue weighted by molar-refractivity contribution is 7.92. The zero-order chi connectivity index (χ0) is 17.8. The van der Waals surface area contributed by atoms with Crippen molar-refractivity contribution in [2.45, 2.75) is 37.4 Å². The molecule has 0 saturated carbocycles. The lowest BCUT2D eigenvalue weighted by atomic mass is 10.0. The highest BCUT2D eigenvalue weighted by Crippen LogP contribution is 2.32. The molecule has 1 atom stereocenters. The molecule has 2 N–H and O–H groups in total. The van der Waals surface area contributed by atoms with Crippen LogP contribution in [-0.2, 0) is 21.1 Å². The van der Waals surface area contributed by atoms with Crippen molar-refractivity contribution in [3.05, 3.63) is 34.5 Å². The normalized spacial score (nSPS) is 14.3. The van der Waals surface area contributed by atoms with Gasteiger partial charge in [0.1, 0.15) is 4.75 Å². The maximum Gasteiger partial charge on any atom is 0.264 e. The Morgan fingerprint density at radius 1 is 1.25 bits per heavy atom. The van der Waals surface area contributed by atoms with Crippen LogP contribution in [-0.4, -0.2) is 30.5 Å². The Morgan fingerprint density at radius 3 is 2.58 bits per heavy atom. The van der Waals surface area contributed by atoms with E-state index in [1.54, 1.807) is 22.7 Å². The zero-order valence-corrected chi connectivity index (χ0v) is 16.1. The third-order valence-corrected chi connectivity index (χ3v) is 8.39. The molecule has 132 valence electrons. The van der Waals surface area contributed by atoms with E-state index in [2.05, 4.69) is 18.2 Å². The Morgan fingerprint density at radius 2 is 2.00 bits per heavy atom. The molecule has 2 rings (SSSR count). The summed E-state index contributed by atoms with van der Waals surface area (Å²) in [6.07, 6.45) is 3.42. The summed E-state index contributed by atoms with van der Waals surface area (Å²) in [5, 5.41) is 10.8. The third-order valence-electron chi connectivity index (χ3n) is 4.15. The number of thiophene rings is 2. The molecule has 2 aromatic heterocycles. The monoisotopic (exact) mass is 387 g/mol. The largest absolute Gasteiger partial charge is 0.289 e. The lowest BCUT2D eigenvalue weighted by Gasteiger charge is -2.24. The Balaban J connectivity index is 1.91.